The SMILES string of the molecule is CN(C)CC(=O)N1CCN(C(=O)CCBr)CC1. The van der Waals surface area contributed by atoms with Gasteiger partial charge in [0.05, 0.1) is 6.54 Å². The predicted molar refractivity (Wildman–Crippen MR) is 70.1 cm³/mol. The normalized spacial score (nSPS) is 16.5. The molecule has 1 aliphatic heterocycles. The largest absolute Gasteiger partial charge is 0.339 e. The van der Waals surface area contributed by atoms with Crippen molar-refractivity contribution in [2.45, 2.75) is 6.42 Å². The van der Waals surface area contributed by atoms with E-state index in [1.165, 1.54) is 0 Å². The van der Waals surface area contributed by atoms with Crippen molar-refractivity contribution in [2.75, 3.05) is 52.1 Å². The van der Waals surface area contributed by atoms with Gasteiger partial charge in [-0.2, -0.15) is 0 Å². The topological polar surface area (TPSA) is 43.9 Å². The first-order valence-electron chi connectivity index (χ1n) is 5.81. The molecule has 0 aliphatic carbocycles. The number of carbonyl (C=O) groups is 2. The summed E-state index contributed by atoms with van der Waals surface area (Å²) in [4.78, 5) is 29.0. The molecule has 0 spiro atoms. The summed E-state index contributed by atoms with van der Waals surface area (Å²) in [6.07, 6.45) is 0.533. The standard InChI is InChI=1S/C11H20BrN3O2/c1-13(2)9-11(17)15-7-5-14(6-8-15)10(16)3-4-12/h3-9H2,1-2H3. The number of piperazine rings is 1. The van der Waals surface area contributed by atoms with Crippen molar-refractivity contribution < 1.29 is 9.59 Å². The second kappa shape index (κ2) is 6.96. The van der Waals surface area contributed by atoms with Gasteiger partial charge in [0, 0.05) is 37.9 Å². The highest BCUT2D eigenvalue weighted by Gasteiger charge is 2.23. The van der Waals surface area contributed by atoms with Crippen LogP contribution in [-0.2, 0) is 9.59 Å². The number of hydrogen-bond donors (Lipinski definition) is 0. The molecule has 17 heavy (non-hydrogen) atoms. The van der Waals surface area contributed by atoms with Crippen molar-refractivity contribution in [2.24, 2.45) is 0 Å². The molecule has 1 fully saturated rings. The highest BCUT2D eigenvalue weighted by Crippen LogP contribution is 2.05. The molecule has 0 N–H and O–H groups in total. The summed E-state index contributed by atoms with van der Waals surface area (Å²) in [7, 11) is 3.77. The van der Waals surface area contributed by atoms with E-state index in [4.69, 9.17) is 0 Å². The third-order valence-corrected chi connectivity index (χ3v) is 3.14. The number of nitrogens with zero attached hydrogens (tertiary/aromatic N) is 3. The molecular weight excluding hydrogens is 286 g/mol. The molecule has 1 rings (SSSR count). The number of amides is 2. The fraction of sp³-hybridized carbons (Fsp3) is 0.818. The quantitative estimate of drug-likeness (QED) is 0.687. The van der Waals surface area contributed by atoms with Gasteiger partial charge in [0.15, 0.2) is 0 Å². The van der Waals surface area contributed by atoms with Crippen molar-refractivity contribution in [1.82, 2.24) is 14.7 Å². The highest BCUT2D eigenvalue weighted by molar-refractivity contribution is 9.09. The minimum Gasteiger partial charge on any atom is -0.339 e. The number of rotatable bonds is 4. The third-order valence-electron chi connectivity index (χ3n) is 2.74. The van der Waals surface area contributed by atoms with E-state index in [1.54, 1.807) is 0 Å². The Bertz CT molecular complexity index is 276. The number of likely N-dealkylation sites (N-methyl/N-ethyl adjacent to an activating group) is 1. The van der Waals surface area contributed by atoms with Gasteiger partial charge < -0.3 is 14.7 Å². The van der Waals surface area contributed by atoms with Gasteiger partial charge in [-0.25, -0.2) is 0 Å². The molecule has 6 heteroatoms. The second-order valence-corrected chi connectivity index (χ2v) is 5.23. The van der Waals surface area contributed by atoms with Crippen molar-refractivity contribution in [3.8, 4) is 0 Å². The minimum atomic E-state index is 0.141. The molecule has 0 aromatic rings. The average molecular weight is 306 g/mol. The first-order valence-corrected chi connectivity index (χ1v) is 6.93. The molecule has 0 aromatic heterocycles. The Labute approximate surface area is 111 Å². The van der Waals surface area contributed by atoms with Crippen LogP contribution in [0.5, 0.6) is 0 Å². The van der Waals surface area contributed by atoms with Crippen LogP contribution in [0.15, 0.2) is 0 Å². The summed E-state index contributed by atoms with van der Waals surface area (Å²) in [5.74, 6) is 0.309. The first kappa shape index (κ1) is 14.4. The number of alkyl halides is 1. The molecule has 1 saturated heterocycles. The molecule has 1 aliphatic rings. The Kier molecular flexibility index (Phi) is 5.91. The molecule has 1 heterocycles. The van der Waals surface area contributed by atoms with Crippen LogP contribution in [0.25, 0.3) is 0 Å². The predicted octanol–water partition coefficient (Wildman–Crippen LogP) is 0.00380. The van der Waals surface area contributed by atoms with Gasteiger partial charge in [0.2, 0.25) is 11.8 Å². The third kappa shape index (κ3) is 4.63. The minimum absolute atomic E-state index is 0.141. The number of halogens is 1. The molecule has 0 aromatic carbocycles. The van der Waals surface area contributed by atoms with Gasteiger partial charge in [-0.15, -0.1) is 0 Å². The van der Waals surface area contributed by atoms with Crippen molar-refractivity contribution in [1.29, 1.82) is 0 Å². The molecule has 98 valence electrons. The molecule has 5 nitrogen and oxygen atoms in total. The van der Waals surface area contributed by atoms with Crippen molar-refractivity contribution >= 4 is 27.7 Å². The molecule has 0 radical (unpaired) electrons. The van der Waals surface area contributed by atoms with Gasteiger partial charge in [-0.3, -0.25) is 9.59 Å². The van der Waals surface area contributed by atoms with Crippen LogP contribution in [-0.4, -0.2) is 78.7 Å². The molecule has 0 saturated carbocycles. The molecular formula is C11H20BrN3O2. The van der Waals surface area contributed by atoms with Crippen molar-refractivity contribution in [3.05, 3.63) is 0 Å². The zero-order chi connectivity index (χ0) is 12.8. The van der Waals surface area contributed by atoms with E-state index in [0.717, 1.165) is 0 Å². The van der Waals surface area contributed by atoms with Crippen LogP contribution < -0.4 is 0 Å². The molecule has 2 amide bonds. The van der Waals surface area contributed by atoms with E-state index in [-0.39, 0.29) is 11.8 Å². The van der Waals surface area contributed by atoms with Crippen LogP contribution in [0.3, 0.4) is 0 Å². The zero-order valence-electron chi connectivity index (χ0n) is 10.5. The fourth-order valence-electron chi connectivity index (χ4n) is 1.81. The lowest BCUT2D eigenvalue weighted by Crippen LogP contribution is -2.52. The van der Waals surface area contributed by atoms with E-state index >= 15 is 0 Å². The lowest BCUT2D eigenvalue weighted by atomic mass is 10.3. The van der Waals surface area contributed by atoms with Crippen LogP contribution >= 0.6 is 15.9 Å². The maximum absolute atomic E-state index is 11.8. The monoisotopic (exact) mass is 305 g/mol. The molecule has 0 unspecified atom stereocenters. The van der Waals surface area contributed by atoms with Crippen molar-refractivity contribution in [3.63, 3.8) is 0 Å². The average Bonchev–Trinajstić information content (AvgIpc) is 2.28. The van der Waals surface area contributed by atoms with E-state index in [9.17, 15) is 9.59 Å². The van der Waals surface area contributed by atoms with Crippen LogP contribution in [0.1, 0.15) is 6.42 Å². The summed E-state index contributed by atoms with van der Waals surface area (Å²) in [6, 6.07) is 0. The maximum Gasteiger partial charge on any atom is 0.236 e. The summed E-state index contributed by atoms with van der Waals surface area (Å²) in [5.41, 5.74) is 0. The summed E-state index contributed by atoms with van der Waals surface area (Å²) in [5, 5.41) is 0.700. The Balaban J connectivity index is 2.35. The Morgan fingerprint density at radius 2 is 1.53 bits per heavy atom. The zero-order valence-corrected chi connectivity index (χ0v) is 12.1. The Hall–Kier alpha value is -0.620. The fourth-order valence-corrected chi connectivity index (χ4v) is 2.15. The summed E-state index contributed by atoms with van der Waals surface area (Å²) in [6.45, 7) is 3.06. The van der Waals surface area contributed by atoms with E-state index < -0.39 is 0 Å². The lowest BCUT2D eigenvalue weighted by Gasteiger charge is -2.35. The number of hydrogen-bond acceptors (Lipinski definition) is 3. The summed E-state index contributed by atoms with van der Waals surface area (Å²) >= 11 is 3.26. The van der Waals surface area contributed by atoms with Gasteiger partial charge >= 0.3 is 0 Å². The van der Waals surface area contributed by atoms with Crippen LogP contribution in [0.2, 0.25) is 0 Å². The van der Waals surface area contributed by atoms with E-state index in [2.05, 4.69) is 15.9 Å². The van der Waals surface area contributed by atoms with E-state index in [0.29, 0.717) is 44.5 Å². The van der Waals surface area contributed by atoms with Crippen LogP contribution in [0, 0.1) is 0 Å². The maximum atomic E-state index is 11.8. The van der Waals surface area contributed by atoms with Crippen LogP contribution in [0.4, 0.5) is 0 Å². The number of carbonyl (C=O) groups excluding carboxylic acids is 2. The summed E-state index contributed by atoms with van der Waals surface area (Å²) < 4.78 is 0. The van der Waals surface area contributed by atoms with Gasteiger partial charge in [0.25, 0.3) is 0 Å². The van der Waals surface area contributed by atoms with Gasteiger partial charge in [-0.05, 0) is 14.1 Å². The molecule has 0 atom stereocenters. The smallest absolute Gasteiger partial charge is 0.236 e. The Morgan fingerprint density at radius 1 is 1.06 bits per heavy atom. The highest BCUT2D eigenvalue weighted by atomic mass is 79.9. The second-order valence-electron chi connectivity index (χ2n) is 4.44. The Morgan fingerprint density at radius 3 is 1.94 bits per heavy atom. The lowest BCUT2D eigenvalue weighted by molar-refractivity contribution is -0.139. The first-order chi connectivity index (χ1) is 8.04. The van der Waals surface area contributed by atoms with Gasteiger partial charge in [0.1, 0.15) is 0 Å². The van der Waals surface area contributed by atoms with Gasteiger partial charge in [-0.1, -0.05) is 15.9 Å². The molecule has 0 bridgehead atoms. The van der Waals surface area contributed by atoms with E-state index in [1.807, 2.05) is 28.8 Å².